The zero-order valence-corrected chi connectivity index (χ0v) is 9.66. The average molecular weight is 234 g/mol. The lowest BCUT2D eigenvalue weighted by Crippen LogP contribution is -2.23. The molecular weight excluding hydrogens is 220 g/mol. The van der Waals surface area contributed by atoms with E-state index >= 15 is 0 Å². The molecule has 6 heteroatoms. The van der Waals surface area contributed by atoms with Gasteiger partial charge >= 0.3 is 5.97 Å². The number of anilines is 1. The third-order valence-electron chi connectivity index (χ3n) is 2.58. The smallest absolute Gasteiger partial charge is 0.326 e. The monoisotopic (exact) mass is 234 g/mol. The molecule has 0 fully saturated rings. The second kappa shape index (κ2) is 4.06. The van der Waals surface area contributed by atoms with Gasteiger partial charge in [0.05, 0.1) is 11.9 Å². The van der Waals surface area contributed by atoms with E-state index in [0.717, 1.165) is 5.82 Å². The number of carboxylic acid groups (broad SMARTS) is 1. The SMILES string of the molecule is CN(C)c1cccc2ncc(C(N)C(=O)O)n12. The van der Waals surface area contributed by atoms with Crippen molar-refractivity contribution in [2.75, 3.05) is 19.0 Å². The first-order chi connectivity index (χ1) is 8.02. The summed E-state index contributed by atoms with van der Waals surface area (Å²) in [6.45, 7) is 0. The molecule has 0 aromatic carbocycles. The van der Waals surface area contributed by atoms with E-state index in [4.69, 9.17) is 10.8 Å². The van der Waals surface area contributed by atoms with Crippen molar-refractivity contribution in [2.24, 2.45) is 5.73 Å². The summed E-state index contributed by atoms with van der Waals surface area (Å²) < 4.78 is 1.75. The van der Waals surface area contributed by atoms with Crippen LogP contribution >= 0.6 is 0 Å². The van der Waals surface area contributed by atoms with Crippen LogP contribution in [0.15, 0.2) is 24.4 Å². The van der Waals surface area contributed by atoms with Crippen LogP contribution in [0.3, 0.4) is 0 Å². The minimum Gasteiger partial charge on any atom is -0.480 e. The van der Waals surface area contributed by atoms with Gasteiger partial charge in [-0.1, -0.05) is 6.07 Å². The Kier molecular flexibility index (Phi) is 2.72. The van der Waals surface area contributed by atoms with Gasteiger partial charge in [-0.15, -0.1) is 0 Å². The predicted molar refractivity (Wildman–Crippen MR) is 64.1 cm³/mol. The predicted octanol–water partition coefficient (Wildman–Crippen LogP) is 0.485. The molecule has 0 aliphatic heterocycles. The molecule has 2 rings (SSSR count). The summed E-state index contributed by atoms with van der Waals surface area (Å²) in [6, 6.07) is 4.48. The first-order valence-electron chi connectivity index (χ1n) is 5.14. The number of carbonyl (C=O) groups is 1. The van der Waals surface area contributed by atoms with Crippen molar-refractivity contribution in [1.82, 2.24) is 9.38 Å². The third kappa shape index (κ3) is 1.83. The van der Waals surface area contributed by atoms with E-state index < -0.39 is 12.0 Å². The Hall–Kier alpha value is -2.08. The fourth-order valence-electron chi connectivity index (χ4n) is 1.74. The molecular formula is C11H14N4O2. The Labute approximate surface area is 98.3 Å². The van der Waals surface area contributed by atoms with Crippen LogP contribution in [0.25, 0.3) is 5.65 Å². The summed E-state index contributed by atoms with van der Waals surface area (Å²) in [5.41, 5.74) is 6.79. The van der Waals surface area contributed by atoms with Crippen LogP contribution < -0.4 is 10.6 Å². The van der Waals surface area contributed by atoms with Gasteiger partial charge in [0.25, 0.3) is 0 Å². The molecule has 0 aliphatic carbocycles. The molecule has 0 aliphatic rings. The molecule has 17 heavy (non-hydrogen) atoms. The fraction of sp³-hybridized carbons (Fsp3) is 0.273. The number of hydrogen-bond acceptors (Lipinski definition) is 4. The van der Waals surface area contributed by atoms with Gasteiger partial charge in [0.15, 0.2) is 0 Å². The quantitative estimate of drug-likeness (QED) is 0.807. The van der Waals surface area contributed by atoms with Crippen LogP contribution in [0.4, 0.5) is 5.82 Å². The maximum atomic E-state index is 10.9. The largest absolute Gasteiger partial charge is 0.480 e. The zero-order valence-electron chi connectivity index (χ0n) is 9.66. The van der Waals surface area contributed by atoms with E-state index in [1.54, 1.807) is 4.40 Å². The summed E-state index contributed by atoms with van der Waals surface area (Å²) >= 11 is 0. The molecule has 0 spiro atoms. The first kappa shape index (κ1) is 11.4. The number of carboxylic acids is 1. The summed E-state index contributed by atoms with van der Waals surface area (Å²) in [5.74, 6) is -0.230. The molecule has 90 valence electrons. The molecule has 0 saturated carbocycles. The molecule has 0 radical (unpaired) electrons. The molecule has 0 bridgehead atoms. The van der Waals surface area contributed by atoms with Gasteiger partial charge in [0.1, 0.15) is 17.5 Å². The molecule has 1 atom stereocenters. The highest BCUT2D eigenvalue weighted by Gasteiger charge is 2.20. The number of hydrogen-bond donors (Lipinski definition) is 2. The van der Waals surface area contributed by atoms with Crippen molar-refractivity contribution in [2.45, 2.75) is 6.04 Å². The highest BCUT2D eigenvalue weighted by molar-refractivity contribution is 5.75. The van der Waals surface area contributed by atoms with Crippen molar-refractivity contribution in [3.8, 4) is 0 Å². The van der Waals surface area contributed by atoms with E-state index in [0.29, 0.717) is 11.3 Å². The summed E-state index contributed by atoms with van der Waals surface area (Å²) in [4.78, 5) is 17.0. The summed E-state index contributed by atoms with van der Waals surface area (Å²) in [7, 11) is 3.76. The molecule has 2 heterocycles. The lowest BCUT2D eigenvalue weighted by atomic mass is 10.2. The molecule has 2 aromatic heterocycles. The Bertz CT molecular complexity index is 562. The molecule has 1 unspecified atom stereocenters. The number of rotatable bonds is 3. The van der Waals surface area contributed by atoms with E-state index in [2.05, 4.69) is 4.98 Å². The molecule has 3 N–H and O–H groups in total. The number of pyridine rings is 1. The van der Waals surface area contributed by atoms with Crippen LogP contribution in [0.2, 0.25) is 0 Å². The zero-order chi connectivity index (χ0) is 12.6. The van der Waals surface area contributed by atoms with Gasteiger partial charge in [-0.25, -0.2) is 4.98 Å². The van der Waals surface area contributed by atoms with Crippen LogP contribution in [-0.2, 0) is 4.79 Å². The van der Waals surface area contributed by atoms with E-state index in [1.807, 2.05) is 37.2 Å². The highest BCUT2D eigenvalue weighted by Crippen LogP contribution is 2.20. The van der Waals surface area contributed by atoms with Crippen LogP contribution in [-0.4, -0.2) is 34.6 Å². The second-order valence-corrected chi connectivity index (χ2v) is 3.97. The Morgan fingerprint density at radius 1 is 1.53 bits per heavy atom. The molecule has 6 nitrogen and oxygen atoms in total. The average Bonchev–Trinajstić information content (AvgIpc) is 2.70. The Morgan fingerprint density at radius 2 is 2.24 bits per heavy atom. The number of imidazole rings is 1. The number of fused-ring (bicyclic) bond motifs is 1. The maximum Gasteiger partial charge on any atom is 0.326 e. The van der Waals surface area contributed by atoms with E-state index in [1.165, 1.54) is 6.20 Å². The standard InChI is InChI=1S/C11H14N4O2/c1-14(2)9-5-3-4-8-13-6-7(15(8)9)10(12)11(16)17/h3-6,10H,12H2,1-2H3,(H,16,17). The van der Waals surface area contributed by atoms with E-state index in [9.17, 15) is 4.79 Å². The lowest BCUT2D eigenvalue weighted by Gasteiger charge is -2.17. The normalized spacial score (nSPS) is 12.6. The van der Waals surface area contributed by atoms with Crippen molar-refractivity contribution < 1.29 is 9.90 Å². The van der Waals surface area contributed by atoms with Gasteiger partial charge in [-0.3, -0.25) is 9.20 Å². The van der Waals surface area contributed by atoms with Gasteiger partial charge in [-0.2, -0.15) is 0 Å². The van der Waals surface area contributed by atoms with Gasteiger partial charge in [0.2, 0.25) is 0 Å². The summed E-state index contributed by atoms with van der Waals surface area (Å²) in [6.07, 6.45) is 1.50. The highest BCUT2D eigenvalue weighted by atomic mass is 16.4. The van der Waals surface area contributed by atoms with Gasteiger partial charge in [0, 0.05) is 14.1 Å². The lowest BCUT2D eigenvalue weighted by molar-refractivity contribution is -0.138. The fourth-order valence-corrected chi connectivity index (χ4v) is 1.74. The second-order valence-electron chi connectivity index (χ2n) is 3.97. The van der Waals surface area contributed by atoms with Crippen LogP contribution in [0, 0.1) is 0 Å². The van der Waals surface area contributed by atoms with Crippen LogP contribution in [0.5, 0.6) is 0 Å². The summed E-state index contributed by atoms with van der Waals surface area (Å²) in [5, 5.41) is 8.96. The minimum absolute atomic E-state index is 0.469. The molecule has 2 aromatic rings. The van der Waals surface area contributed by atoms with Crippen molar-refractivity contribution >= 4 is 17.4 Å². The third-order valence-corrected chi connectivity index (χ3v) is 2.58. The topological polar surface area (TPSA) is 83.9 Å². The van der Waals surface area contributed by atoms with Crippen molar-refractivity contribution in [3.63, 3.8) is 0 Å². The maximum absolute atomic E-state index is 10.9. The van der Waals surface area contributed by atoms with Crippen molar-refractivity contribution in [1.29, 1.82) is 0 Å². The Balaban J connectivity index is 2.69. The molecule has 0 saturated heterocycles. The Morgan fingerprint density at radius 3 is 2.82 bits per heavy atom. The number of nitrogens with zero attached hydrogens (tertiary/aromatic N) is 3. The first-order valence-corrected chi connectivity index (χ1v) is 5.14. The van der Waals surface area contributed by atoms with Gasteiger partial charge < -0.3 is 15.7 Å². The number of aromatic nitrogens is 2. The minimum atomic E-state index is -1.08. The van der Waals surface area contributed by atoms with Crippen LogP contribution in [0.1, 0.15) is 11.7 Å². The van der Waals surface area contributed by atoms with Crippen molar-refractivity contribution in [3.05, 3.63) is 30.1 Å². The molecule has 0 amide bonds. The van der Waals surface area contributed by atoms with Gasteiger partial charge in [-0.05, 0) is 12.1 Å². The van der Waals surface area contributed by atoms with E-state index in [-0.39, 0.29) is 0 Å². The number of aliphatic carboxylic acids is 1. The number of nitrogens with two attached hydrogens (primary N) is 1.